The summed E-state index contributed by atoms with van der Waals surface area (Å²) in [5.41, 5.74) is 0. The number of urea groups is 1. The van der Waals surface area contributed by atoms with Gasteiger partial charge in [-0.2, -0.15) is 0 Å². The molecule has 0 aromatic rings. The van der Waals surface area contributed by atoms with Gasteiger partial charge in [-0.05, 0) is 12.8 Å². The molecule has 1 aliphatic rings. The number of aliphatic carboxylic acids is 1. The van der Waals surface area contributed by atoms with Crippen molar-refractivity contribution in [2.45, 2.75) is 44.6 Å². The Balaban J connectivity index is 2.46. The van der Waals surface area contributed by atoms with E-state index in [0.717, 1.165) is 38.8 Å². The normalized spacial score (nSPS) is 18.3. The second kappa shape index (κ2) is 8.74. The summed E-state index contributed by atoms with van der Waals surface area (Å²) in [7, 11) is 1.50. The Hall–Kier alpha value is -1.30. The van der Waals surface area contributed by atoms with Gasteiger partial charge in [-0.3, -0.25) is 4.79 Å². The summed E-state index contributed by atoms with van der Waals surface area (Å²) in [5, 5.41) is 11.5. The Bertz CT molecular complexity index is 288. The molecule has 1 heterocycles. The molecule has 6 nitrogen and oxygen atoms in total. The van der Waals surface area contributed by atoms with Gasteiger partial charge in [0, 0.05) is 20.2 Å². The summed E-state index contributed by atoms with van der Waals surface area (Å²) in [6, 6.07) is -0.648. The van der Waals surface area contributed by atoms with Crippen LogP contribution in [0.2, 0.25) is 0 Å². The largest absolute Gasteiger partial charge is 0.481 e. The summed E-state index contributed by atoms with van der Waals surface area (Å²) >= 11 is 0. The van der Waals surface area contributed by atoms with Crippen LogP contribution in [-0.2, 0) is 9.53 Å². The van der Waals surface area contributed by atoms with E-state index in [1.54, 1.807) is 4.90 Å². The molecule has 0 aromatic carbocycles. The number of methoxy groups -OCH3 is 1. The minimum Gasteiger partial charge on any atom is -0.481 e. The first-order valence-electron chi connectivity index (χ1n) is 6.89. The van der Waals surface area contributed by atoms with Gasteiger partial charge in [-0.15, -0.1) is 0 Å². The quantitative estimate of drug-likeness (QED) is 0.794. The van der Waals surface area contributed by atoms with Crippen molar-refractivity contribution >= 4 is 12.0 Å². The molecule has 0 unspecified atom stereocenters. The van der Waals surface area contributed by atoms with Gasteiger partial charge in [0.25, 0.3) is 0 Å². The highest BCUT2D eigenvalue weighted by molar-refractivity contribution is 5.76. The average Bonchev–Trinajstić information content (AvgIpc) is 2.27. The van der Waals surface area contributed by atoms with E-state index < -0.39 is 12.0 Å². The first kappa shape index (κ1) is 15.8. The van der Waals surface area contributed by atoms with E-state index in [1.807, 2.05) is 0 Å². The third-order valence-electron chi connectivity index (χ3n) is 3.26. The molecule has 0 aromatic heterocycles. The topological polar surface area (TPSA) is 78.9 Å². The third-order valence-corrected chi connectivity index (χ3v) is 3.26. The van der Waals surface area contributed by atoms with Gasteiger partial charge >= 0.3 is 12.0 Å². The maximum Gasteiger partial charge on any atom is 0.317 e. The van der Waals surface area contributed by atoms with E-state index in [-0.39, 0.29) is 19.1 Å². The fourth-order valence-electron chi connectivity index (χ4n) is 2.28. The van der Waals surface area contributed by atoms with Crippen LogP contribution < -0.4 is 5.32 Å². The molecule has 0 bridgehead atoms. The van der Waals surface area contributed by atoms with Gasteiger partial charge in [0.1, 0.15) is 0 Å². The molecule has 1 saturated heterocycles. The molecule has 6 heteroatoms. The molecule has 1 fully saturated rings. The van der Waals surface area contributed by atoms with E-state index in [9.17, 15) is 9.59 Å². The first-order chi connectivity index (χ1) is 9.13. The zero-order chi connectivity index (χ0) is 14.1. The number of carboxylic acids is 1. The van der Waals surface area contributed by atoms with Crippen molar-refractivity contribution in [3.8, 4) is 0 Å². The molecular weight excluding hydrogens is 248 g/mol. The summed E-state index contributed by atoms with van der Waals surface area (Å²) in [6.45, 7) is 1.71. The zero-order valence-electron chi connectivity index (χ0n) is 11.6. The van der Waals surface area contributed by atoms with Crippen LogP contribution in [-0.4, -0.2) is 54.9 Å². The SMILES string of the molecule is COC[C@@H](CC(=O)O)NC(=O)N1CCCCCCC1. The fraction of sp³-hybridized carbons (Fsp3) is 0.846. The average molecular weight is 272 g/mol. The van der Waals surface area contributed by atoms with E-state index in [1.165, 1.54) is 13.5 Å². The molecule has 2 amide bonds. The van der Waals surface area contributed by atoms with Crippen LogP contribution in [0.1, 0.15) is 38.5 Å². The van der Waals surface area contributed by atoms with Gasteiger partial charge in [-0.25, -0.2) is 4.79 Å². The van der Waals surface area contributed by atoms with Crippen molar-refractivity contribution in [1.29, 1.82) is 0 Å². The number of hydrogen-bond acceptors (Lipinski definition) is 3. The van der Waals surface area contributed by atoms with Crippen LogP contribution in [0.3, 0.4) is 0 Å². The molecule has 0 saturated carbocycles. The Labute approximate surface area is 114 Å². The number of carboxylic acid groups (broad SMARTS) is 1. The highest BCUT2D eigenvalue weighted by Crippen LogP contribution is 2.10. The minimum absolute atomic E-state index is 0.118. The number of carbonyl (C=O) groups excluding carboxylic acids is 1. The highest BCUT2D eigenvalue weighted by atomic mass is 16.5. The van der Waals surface area contributed by atoms with Gasteiger partial charge < -0.3 is 20.1 Å². The molecular formula is C13H24N2O4. The maximum absolute atomic E-state index is 12.1. The first-order valence-corrected chi connectivity index (χ1v) is 6.89. The number of nitrogens with one attached hydrogen (secondary N) is 1. The standard InChI is InChI=1S/C13H24N2O4/c1-19-10-11(9-12(16)17)14-13(18)15-7-5-3-2-4-6-8-15/h11H,2-10H2,1H3,(H,14,18)(H,16,17)/t11-/m1/s1. The molecule has 2 N–H and O–H groups in total. The highest BCUT2D eigenvalue weighted by Gasteiger charge is 2.20. The number of likely N-dealkylation sites (tertiary alicyclic amines) is 1. The number of carbonyl (C=O) groups is 2. The van der Waals surface area contributed by atoms with Crippen LogP contribution >= 0.6 is 0 Å². The van der Waals surface area contributed by atoms with Crippen LogP contribution in [0.15, 0.2) is 0 Å². The summed E-state index contributed by atoms with van der Waals surface area (Å²) < 4.78 is 4.94. The number of nitrogens with zero attached hydrogens (tertiary/aromatic N) is 1. The van der Waals surface area contributed by atoms with Gasteiger partial charge in [0.15, 0.2) is 0 Å². The predicted molar refractivity (Wildman–Crippen MR) is 71.1 cm³/mol. The van der Waals surface area contributed by atoms with Crippen molar-refractivity contribution in [2.24, 2.45) is 0 Å². The number of hydrogen-bond donors (Lipinski definition) is 2. The lowest BCUT2D eigenvalue weighted by atomic mass is 10.1. The Morgan fingerprint density at radius 2 is 1.79 bits per heavy atom. The molecule has 19 heavy (non-hydrogen) atoms. The number of amides is 2. The van der Waals surface area contributed by atoms with Crippen LogP contribution in [0.4, 0.5) is 4.79 Å². The van der Waals surface area contributed by atoms with Crippen molar-refractivity contribution in [3.63, 3.8) is 0 Å². The van der Waals surface area contributed by atoms with Crippen LogP contribution in [0.5, 0.6) is 0 Å². The molecule has 110 valence electrons. The van der Waals surface area contributed by atoms with Crippen LogP contribution in [0, 0.1) is 0 Å². The zero-order valence-corrected chi connectivity index (χ0v) is 11.6. The molecule has 1 rings (SSSR count). The minimum atomic E-state index is -0.935. The maximum atomic E-state index is 12.1. The Kier molecular flexibility index (Phi) is 7.25. The Morgan fingerprint density at radius 1 is 1.21 bits per heavy atom. The predicted octanol–water partition coefficient (Wildman–Crippen LogP) is 1.45. The summed E-state index contributed by atoms with van der Waals surface area (Å²) in [4.78, 5) is 24.6. The molecule has 0 spiro atoms. The van der Waals surface area contributed by atoms with Crippen molar-refractivity contribution in [2.75, 3.05) is 26.8 Å². The van der Waals surface area contributed by atoms with E-state index >= 15 is 0 Å². The second-order valence-corrected chi connectivity index (χ2v) is 4.95. The molecule has 0 radical (unpaired) electrons. The smallest absolute Gasteiger partial charge is 0.317 e. The number of rotatable bonds is 5. The van der Waals surface area contributed by atoms with E-state index in [0.29, 0.717) is 0 Å². The summed E-state index contributed by atoms with van der Waals surface area (Å²) in [5.74, 6) is -0.935. The number of ether oxygens (including phenoxy) is 1. The molecule has 1 aliphatic heterocycles. The van der Waals surface area contributed by atoms with E-state index in [2.05, 4.69) is 5.32 Å². The van der Waals surface area contributed by atoms with E-state index in [4.69, 9.17) is 9.84 Å². The van der Waals surface area contributed by atoms with Gasteiger partial charge in [-0.1, -0.05) is 19.3 Å². The lowest BCUT2D eigenvalue weighted by molar-refractivity contribution is -0.137. The van der Waals surface area contributed by atoms with Crippen molar-refractivity contribution in [3.05, 3.63) is 0 Å². The van der Waals surface area contributed by atoms with Gasteiger partial charge in [0.2, 0.25) is 0 Å². The van der Waals surface area contributed by atoms with Crippen LogP contribution in [0.25, 0.3) is 0 Å². The van der Waals surface area contributed by atoms with Gasteiger partial charge in [0.05, 0.1) is 19.1 Å². The summed E-state index contributed by atoms with van der Waals surface area (Å²) in [6.07, 6.45) is 5.46. The lowest BCUT2D eigenvalue weighted by Crippen LogP contribution is -2.48. The monoisotopic (exact) mass is 272 g/mol. The Morgan fingerprint density at radius 3 is 2.32 bits per heavy atom. The lowest BCUT2D eigenvalue weighted by Gasteiger charge is -2.27. The molecule has 0 aliphatic carbocycles. The third kappa shape index (κ3) is 6.42. The van der Waals surface area contributed by atoms with Crippen molar-refractivity contribution in [1.82, 2.24) is 10.2 Å². The fourth-order valence-corrected chi connectivity index (χ4v) is 2.28. The molecule has 1 atom stereocenters. The van der Waals surface area contributed by atoms with Crippen molar-refractivity contribution < 1.29 is 19.4 Å². The second-order valence-electron chi connectivity index (χ2n) is 4.95.